The highest BCUT2D eigenvalue weighted by atomic mass is 16.6. The molecule has 2 N–H and O–H groups in total. The SMILES string of the molecule is CCCCC(NC(=O)OC(C)(C)C)C(=O)Nc1ccccc1. The van der Waals surface area contributed by atoms with Crippen LogP contribution in [0.2, 0.25) is 0 Å². The van der Waals surface area contributed by atoms with Crippen LogP contribution in [0.25, 0.3) is 0 Å². The van der Waals surface area contributed by atoms with Gasteiger partial charge in [-0.25, -0.2) is 4.79 Å². The molecule has 0 spiro atoms. The Balaban J connectivity index is 2.66. The predicted octanol–water partition coefficient (Wildman–Crippen LogP) is 3.71. The molecule has 0 fully saturated rings. The summed E-state index contributed by atoms with van der Waals surface area (Å²) >= 11 is 0. The van der Waals surface area contributed by atoms with Gasteiger partial charge in [0.1, 0.15) is 11.6 Å². The van der Waals surface area contributed by atoms with E-state index in [0.29, 0.717) is 12.1 Å². The molecule has 0 aliphatic carbocycles. The van der Waals surface area contributed by atoms with Crippen LogP contribution in [0.3, 0.4) is 0 Å². The van der Waals surface area contributed by atoms with Crippen LogP contribution in [0.15, 0.2) is 30.3 Å². The Hall–Kier alpha value is -2.04. The molecule has 122 valence electrons. The molecule has 0 radical (unpaired) electrons. The predicted molar refractivity (Wildman–Crippen MR) is 87.8 cm³/mol. The number of anilines is 1. The second kappa shape index (κ2) is 8.41. The number of benzene rings is 1. The van der Waals surface area contributed by atoms with E-state index in [1.807, 2.05) is 37.3 Å². The average Bonchev–Trinajstić information content (AvgIpc) is 2.42. The monoisotopic (exact) mass is 306 g/mol. The number of carbonyl (C=O) groups excluding carboxylic acids is 2. The van der Waals surface area contributed by atoms with Crippen molar-refractivity contribution in [2.45, 2.75) is 58.6 Å². The molecule has 22 heavy (non-hydrogen) atoms. The van der Waals surface area contributed by atoms with E-state index in [1.54, 1.807) is 20.8 Å². The van der Waals surface area contributed by atoms with E-state index in [0.717, 1.165) is 12.8 Å². The van der Waals surface area contributed by atoms with E-state index in [4.69, 9.17) is 4.74 Å². The molecule has 1 atom stereocenters. The lowest BCUT2D eigenvalue weighted by Gasteiger charge is -2.23. The van der Waals surface area contributed by atoms with Gasteiger partial charge in [0.05, 0.1) is 0 Å². The molecule has 5 nitrogen and oxygen atoms in total. The van der Waals surface area contributed by atoms with Crippen LogP contribution in [0.4, 0.5) is 10.5 Å². The van der Waals surface area contributed by atoms with Gasteiger partial charge < -0.3 is 15.4 Å². The minimum Gasteiger partial charge on any atom is -0.444 e. The van der Waals surface area contributed by atoms with Gasteiger partial charge in [-0.15, -0.1) is 0 Å². The summed E-state index contributed by atoms with van der Waals surface area (Å²) in [7, 11) is 0. The van der Waals surface area contributed by atoms with Crippen LogP contribution < -0.4 is 10.6 Å². The van der Waals surface area contributed by atoms with Crippen LogP contribution in [0, 0.1) is 0 Å². The maximum Gasteiger partial charge on any atom is 0.408 e. The Bertz CT molecular complexity index is 480. The summed E-state index contributed by atoms with van der Waals surface area (Å²) in [6.07, 6.45) is 1.80. The molecule has 1 aromatic rings. The normalized spacial score (nSPS) is 12.4. The summed E-state index contributed by atoms with van der Waals surface area (Å²) in [5, 5.41) is 5.47. The molecule has 1 rings (SSSR count). The van der Waals surface area contributed by atoms with Gasteiger partial charge in [-0.2, -0.15) is 0 Å². The highest BCUT2D eigenvalue weighted by Crippen LogP contribution is 2.11. The van der Waals surface area contributed by atoms with Crippen molar-refractivity contribution in [1.29, 1.82) is 0 Å². The van der Waals surface area contributed by atoms with Gasteiger partial charge in [0.15, 0.2) is 0 Å². The van der Waals surface area contributed by atoms with Crippen LogP contribution >= 0.6 is 0 Å². The Labute approximate surface area is 132 Å². The standard InChI is InChI=1S/C17H26N2O3/c1-5-6-12-14(19-16(21)22-17(2,3)4)15(20)18-13-10-8-7-9-11-13/h7-11,14H,5-6,12H2,1-4H3,(H,18,20)(H,19,21). The number of para-hydroxylation sites is 1. The molecule has 0 aromatic heterocycles. The van der Waals surface area contributed by atoms with E-state index in [9.17, 15) is 9.59 Å². The first kappa shape index (κ1) is 18.0. The molecular weight excluding hydrogens is 280 g/mol. The number of hydrogen-bond donors (Lipinski definition) is 2. The fourth-order valence-corrected chi connectivity index (χ4v) is 1.88. The topological polar surface area (TPSA) is 67.4 Å². The van der Waals surface area contributed by atoms with Gasteiger partial charge in [0, 0.05) is 5.69 Å². The Morgan fingerprint density at radius 3 is 2.36 bits per heavy atom. The van der Waals surface area contributed by atoms with Gasteiger partial charge >= 0.3 is 6.09 Å². The van der Waals surface area contributed by atoms with Gasteiger partial charge in [0.2, 0.25) is 5.91 Å². The number of unbranched alkanes of at least 4 members (excludes halogenated alkanes) is 1. The zero-order valence-corrected chi connectivity index (χ0v) is 13.8. The fourth-order valence-electron chi connectivity index (χ4n) is 1.88. The first-order valence-electron chi connectivity index (χ1n) is 7.67. The van der Waals surface area contributed by atoms with Crippen molar-refractivity contribution in [2.75, 3.05) is 5.32 Å². The van der Waals surface area contributed by atoms with Crippen LogP contribution in [-0.4, -0.2) is 23.6 Å². The van der Waals surface area contributed by atoms with E-state index in [2.05, 4.69) is 10.6 Å². The van der Waals surface area contributed by atoms with E-state index < -0.39 is 17.7 Å². The highest BCUT2D eigenvalue weighted by Gasteiger charge is 2.23. The number of nitrogens with one attached hydrogen (secondary N) is 2. The molecular formula is C17H26N2O3. The number of hydrogen-bond acceptors (Lipinski definition) is 3. The number of amides is 2. The van der Waals surface area contributed by atoms with E-state index >= 15 is 0 Å². The maximum absolute atomic E-state index is 12.3. The smallest absolute Gasteiger partial charge is 0.408 e. The van der Waals surface area contributed by atoms with Crippen LogP contribution in [0.5, 0.6) is 0 Å². The summed E-state index contributed by atoms with van der Waals surface area (Å²) < 4.78 is 5.22. The second-order valence-electron chi connectivity index (χ2n) is 6.20. The lowest BCUT2D eigenvalue weighted by atomic mass is 10.1. The maximum atomic E-state index is 12.3. The third-order valence-electron chi connectivity index (χ3n) is 2.90. The minimum atomic E-state index is -0.602. The number of carbonyl (C=O) groups is 2. The molecule has 5 heteroatoms. The van der Waals surface area contributed by atoms with Crippen LogP contribution in [-0.2, 0) is 9.53 Å². The van der Waals surface area contributed by atoms with Crippen molar-refractivity contribution in [2.24, 2.45) is 0 Å². The van der Waals surface area contributed by atoms with Gasteiger partial charge in [-0.1, -0.05) is 38.0 Å². The van der Waals surface area contributed by atoms with Gasteiger partial charge in [-0.3, -0.25) is 4.79 Å². The summed E-state index contributed by atoms with van der Waals surface area (Å²) in [6, 6.07) is 8.58. The van der Waals surface area contributed by atoms with Gasteiger partial charge in [-0.05, 0) is 39.3 Å². The van der Waals surface area contributed by atoms with E-state index in [1.165, 1.54) is 0 Å². The quantitative estimate of drug-likeness (QED) is 0.842. The summed E-state index contributed by atoms with van der Waals surface area (Å²) in [6.45, 7) is 7.41. The molecule has 0 heterocycles. The zero-order valence-electron chi connectivity index (χ0n) is 13.8. The first-order valence-corrected chi connectivity index (χ1v) is 7.67. The lowest BCUT2D eigenvalue weighted by molar-refractivity contribution is -0.118. The minimum absolute atomic E-state index is 0.231. The molecule has 0 bridgehead atoms. The van der Waals surface area contributed by atoms with E-state index in [-0.39, 0.29) is 5.91 Å². The Morgan fingerprint density at radius 2 is 1.82 bits per heavy atom. The number of ether oxygens (including phenoxy) is 1. The lowest BCUT2D eigenvalue weighted by Crippen LogP contribution is -2.45. The Morgan fingerprint density at radius 1 is 1.18 bits per heavy atom. The largest absolute Gasteiger partial charge is 0.444 e. The Kier molecular flexibility index (Phi) is 6.89. The van der Waals surface area contributed by atoms with Crippen molar-refractivity contribution < 1.29 is 14.3 Å². The highest BCUT2D eigenvalue weighted by molar-refractivity contribution is 5.96. The summed E-state index contributed by atoms with van der Waals surface area (Å²) in [4.78, 5) is 24.2. The molecule has 0 saturated carbocycles. The van der Waals surface area contributed by atoms with Gasteiger partial charge in [0.25, 0.3) is 0 Å². The van der Waals surface area contributed by atoms with Crippen molar-refractivity contribution >= 4 is 17.7 Å². The number of alkyl carbamates (subject to hydrolysis) is 1. The molecule has 0 saturated heterocycles. The van der Waals surface area contributed by atoms with Crippen LogP contribution in [0.1, 0.15) is 47.0 Å². The average molecular weight is 306 g/mol. The molecule has 0 aliphatic rings. The third-order valence-corrected chi connectivity index (χ3v) is 2.90. The van der Waals surface area contributed by atoms with Crippen molar-refractivity contribution in [1.82, 2.24) is 5.32 Å². The third kappa shape index (κ3) is 7.11. The molecule has 1 unspecified atom stereocenters. The second-order valence-corrected chi connectivity index (χ2v) is 6.20. The van der Waals surface area contributed by atoms with Crippen molar-refractivity contribution in [3.63, 3.8) is 0 Å². The molecule has 2 amide bonds. The summed E-state index contributed by atoms with van der Waals surface area (Å²) in [5.41, 5.74) is 0.120. The van der Waals surface area contributed by atoms with Crippen molar-refractivity contribution in [3.05, 3.63) is 30.3 Å². The van der Waals surface area contributed by atoms with Crippen molar-refractivity contribution in [3.8, 4) is 0 Å². The fraction of sp³-hybridized carbons (Fsp3) is 0.529. The number of rotatable bonds is 6. The first-order chi connectivity index (χ1) is 10.3. The zero-order chi connectivity index (χ0) is 16.6. The summed E-state index contributed by atoms with van der Waals surface area (Å²) in [5.74, 6) is -0.231. The molecule has 1 aromatic carbocycles. The molecule has 0 aliphatic heterocycles.